The van der Waals surface area contributed by atoms with Gasteiger partial charge in [-0.05, 0) is 13.8 Å². The Kier molecular flexibility index (Phi) is 3.86. The molecule has 0 amide bonds. The van der Waals surface area contributed by atoms with Crippen LogP contribution in [0.15, 0.2) is 11.4 Å². The van der Waals surface area contributed by atoms with Crippen molar-refractivity contribution in [2.75, 3.05) is 0 Å². The minimum Gasteiger partial charge on any atom is -0.390 e. The minimum atomic E-state index is 0.0273. The van der Waals surface area contributed by atoms with E-state index in [1.807, 2.05) is 18.5 Å². The van der Waals surface area contributed by atoms with E-state index in [1.165, 1.54) is 4.88 Å². The van der Waals surface area contributed by atoms with Gasteiger partial charge in [0.2, 0.25) is 0 Å². The van der Waals surface area contributed by atoms with Crippen molar-refractivity contribution in [2.45, 2.75) is 31.4 Å². The van der Waals surface area contributed by atoms with Gasteiger partial charge in [-0.2, -0.15) is 0 Å². The zero-order chi connectivity index (χ0) is 12.4. The molecule has 92 valence electrons. The highest BCUT2D eigenvalue weighted by atomic mass is 32.2. The van der Waals surface area contributed by atoms with Crippen molar-refractivity contribution in [3.63, 3.8) is 0 Å². The number of thioether (sulfide) groups is 1. The normalized spacial score (nSPS) is 11.1. The third-order valence-electron chi connectivity index (χ3n) is 2.60. The summed E-state index contributed by atoms with van der Waals surface area (Å²) in [5, 5.41) is 11.1. The third kappa shape index (κ3) is 2.70. The molecule has 0 aliphatic rings. The standard InChI is InChI=1S/C11H15N3OS2/c1-7-8(2)17-10(13-7)6-16-11-12-4-9(5-15)14(11)3/h4,15H,5-6H2,1-3H3. The average molecular weight is 269 g/mol. The Morgan fingerprint density at radius 1 is 1.47 bits per heavy atom. The van der Waals surface area contributed by atoms with Gasteiger partial charge < -0.3 is 9.67 Å². The monoisotopic (exact) mass is 269 g/mol. The molecule has 0 aliphatic heterocycles. The number of aliphatic hydroxyl groups excluding tert-OH is 1. The molecule has 0 aliphatic carbocycles. The molecular weight excluding hydrogens is 254 g/mol. The highest BCUT2D eigenvalue weighted by Crippen LogP contribution is 2.25. The van der Waals surface area contributed by atoms with Gasteiger partial charge >= 0.3 is 0 Å². The molecule has 0 bridgehead atoms. The van der Waals surface area contributed by atoms with Gasteiger partial charge in [0.25, 0.3) is 0 Å². The average Bonchev–Trinajstić information content (AvgIpc) is 2.81. The Morgan fingerprint density at radius 3 is 2.76 bits per heavy atom. The molecule has 0 saturated heterocycles. The first-order valence-corrected chi connectivity index (χ1v) is 7.09. The Bertz CT molecular complexity index is 499. The lowest BCUT2D eigenvalue weighted by Gasteiger charge is -2.02. The number of aromatic nitrogens is 3. The zero-order valence-corrected chi connectivity index (χ0v) is 11.7. The fourth-order valence-electron chi connectivity index (χ4n) is 1.43. The van der Waals surface area contributed by atoms with Gasteiger partial charge in [0.15, 0.2) is 5.16 Å². The SMILES string of the molecule is Cc1nc(CSc2ncc(CO)n2C)sc1C. The van der Waals surface area contributed by atoms with Crippen LogP contribution in [-0.4, -0.2) is 19.6 Å². The van der Waals surface area contributed by atoms with Gasteiger partial charge in [0.1, 0.15) is 5.01 Å². The van der Waals surface area contributed by atoms with Gasteiger partial charge in [-0.25, -0.2) is 9.97 Å². The van der Waals surface area contributed by atoms with Gasteiger partial charge in [-0.15, -0.1) is 11.3 Å². The second kappa shape index (κ2) is 5.20. The molecule has 0 atom stereocenters. The molecule has 0 unspecified atom stereocenters. The summed E-state index contributed by atoms with van der Waals surface area (Å²) in [6.07, 6.45) is 1.71. The van der Waals surface area contributed by atoms with Gasteiger partial charge in [-0.3, -0.25) is 0 Å². The van der Waals surface area contributed by atoms with Crippen LogP contribution in [0.4, 0.5) is 0 Å². The summed E-state index contributed by atoms with van der Waals surface area (Å²) >= 11 is 3.38. The first-order valence-electron chi connectivity index (χ1n) is 5.29. The van der Waals surface area contributed by atoms with Crippen LogP contribution in [0.2, 0.25) is 0 Å². The Morgan fingerprint density at radius 2 is 2.24 bits per heavy atom. The predicted molar refractivity (Wildman–Crippen MR) is 70.3 cm³/mol. The molecule has 6 heteroatoms. The molecular formula is C11H15N3OS2. The molecule has 0 aromatic carbocycles. The fourth-order valence-corrected chi connectivity index (χ4v) is 3.33. The maximum absolute atomic E-state index is 9.08. The molecule has 2 heterocycles. The van der Waals surface area contributed by atoms with E-state index in [-0.39, 0.29) is 6.61 Å². The van der Waals surface area contributed by atoms with Gasteiger partial charge in [0.05, 0.1) is 29.9 Å². The predicted octanol–water partition coefficient (Wildman–Crippen LogP) is 2.28. The van der Waals surface area contributed by atoms with Crippen LogP contribution in [0.3, 0.4) is 0 Å². The van der Waals surface area contributed by atoms with E-state index in [2.05, 4.69) is 16.9 Å². The second-order valence-corrected chi connectivity index (χ2v) is 6.02. The number of hydrogen-bond donors (Lipinski definition) is 1. The summed E-state index contributed by atoms with van der Waals surface area (Å²) in [4.78, 5) is 10.0. The van der Waals surface area contributed by atoms with Crippen LogP contribution in [0.1, 0.15) is 21.3 Å². The molecule has 0 fully saturated rings. The molecule has 2 aromatic rings. The summed E-state index contributed by atoms with van der Waals surface area (Å²) in [6.45, 7) is 4.15. The minimum absolute atomic E-state index is 0.0273. The number of thiazole rings is 1. The second-order valence-electron chi connectivity index (χ2n) is 3.79. The molecule has 0 radical (unpaired) electrons. The quantitative estimate of drug-likeness (QED) is 0.865. The first kappa shape index (κ1) is 12.6. The van der Waals surface area contributed by atoms with Crippen molar-refractivity contribution < 1.29 is 5.11 Å². The number of nitrogens with zero attached hydrogens (tertiary/aromatic N) is 3. The lowest BCUT2D eigenvalue weighted by molar-refractivity contribution is 0.271. The van der Waals surface area contributed by atoms with E-state index >= 15 is 0 Å². The maximum atomic E-state index is 9.08. The largest absolute Gasteiger partial charge is 0.390 e. The van der Waals surface area contributed by atoms with Crippen LogP contribution >= 0.6 is 23.1 Å². The molecule has 17 heavy (non-hydrogen) atoms. The summed E-state index contributed by atoms with van der Waals surface area (Å²) in [5.41, 5.74) is 1.94. The van der Waals surface area contributed by atoms with E-state index in [0.29, 0.717) is 0 Å². The fraction of sp³-hybridized carbons (Fsp3) is 0.455. The summed E-state index contributed by atoms with van der Waals surface area (Å²) < 4.78 is 1.91. The van der Waals surface area contributed by atoms with E-state index in [4.69, 9.17) is 5.11 Å². The van der Waals surface area contributed by atoms with Crippen molar-refractivity contribution in [2.24, 2.45) is 7.05 Å². The van der Waals surface area contributed by atoms with E-state index in [9.17, 15) is 0 Å². The highest BCUT2D eigenvalue weighted by molar-refractivity contribution is 7.98. The van der Waals surface area contributed by atoms with Crippen LogP contribution < -0.4 is 0 Å². The van der Waals surface area contributed by atoms with Crippen LogP contribution in [-0.2, 0) is 19.4 Å². The summed E-state index contributed by atoms with van der Waals surface area (Å²) in [6, 6.07) is 0. The van der Waals surface area contributed by atoms with Crippen LogP contribution in [0.5, 0.6) is 0 Å². The summed E-state index contributed by atoms with van der Waals surface area (Å²) in [5.74, 6) is 0.828. The van der Waals surface area contributed by atoms with E-state index in [1.54, 1.807) is 29.3 Å². The van der Waals surface area contributed by atoms with Gasteiger partial charge in [-0.1, -0.05) is 11.8 Å². The number of rotatable bonds is 4. The van der Waals surface area contributed by atoms with Crippen molar-refractivity contribution in [1.82, 2.24) is 14.5 Å². The van der Waals surface area contributed by atoms with E-state index < -0.39 is 0 Å². The molecule has 0 saturated carbocycles. The maximum Gasteiger partial charge on any atom is 0.168 e. The smallest absolute Gasteiger partial charge is 0.168 e. The van der Waals surface area contributed by atoms with Gasteiger partial charge in [0, 0.05) is 11.9 Å². The molecule has 1 N–H and O–H groups in total. The molecule has 2 aromatic heterocycles. The van der Waals surface area contributed by atoms with Crippen molar-refractivity contribution in [3.8, 4) is 0 Å². The topological polar surface area (TPSA) is 50.9 Å². The molecule has 2 rings (SSSR count). The first-order chi connectivity index (χ1) is 8.11. The third-order valence-corrected chi connectivity index (χ3v) is 4.91. The number of imidazole rings is 1. The lowest BCUT2D eigenvalue weighted by atomic mass is 10.4. The Labute approximate surface area is 109 Å². The highest BCUT2D eigenvalue weighted by Gasteiger charge is 2.09. The molecule has 0 spiro atoms. The lowest BCUT2D eigenvalue weighted by Crippen LogP contribution is -1.97. The number of aryl methyl sites for hydroxylation is 2. The summed E-state index contributed by atoms with van der Waals surface area (Å²) in [7, 11) is 1.92. The van der Waals surface area contributed by atoms with Crippen molar-refractivity contribution >= 4 is 23.1 Å². The van der Waals surface area contributed by atoms with Crippen molar-refractivity contribution in [3.05, 3.63) is 27.5 Å². The number of aliphatic hydroxyl groups is 1. The van der Waals surface area contributed by atoms with Crippen LogP contribution in [0.25, 0.3) is 0 Å². The zero-order valence-electron chi connectivity index (χ0n) is 10.1. The Hall–Kier alpha value is -0.850. The number of hydrogen-bond acceptors (Lipinski definition) is 5. The Balaban J connectivity index is 2.04. The van der Waals surface area contributed by atoms with Crippen LogP contribution in [0, 0.1) is 13.8 Å². The van der Waals surface area contributed by atoms with E-state index in [0.717, 1.165) is 27.3 Å². The molecule has 4 nitrogen and oxygen atoms in total. The van der Waals surface area contributed by atoms with Crippen molar-refractivity contribution in [1.29, 1.82) is 0 Å².